The van der Waals surface area contributed by atoms with E-state index in [2.05, 4.69) is 46.9 Å². The first kappa shape index (κ1) is 17.7. The summed E-state index contributed by atoms with van der Waals surface area (Å²) in [6, 6.07) is 0.120. The molecule has 4 heteroatoms. The lowest BCUT2D eigenvalue weighted by Crippen LogP contribution is -2.42. The van der Waals surface area contributed by atoms with Crippen LogP contribution >= 0.6 is 12.4 Å². The monoisotopic (exact) mass is 276 g/mol. The molecule has 0 saturated heterocycles. The minimum absolute atomic E-state index is 0. The SMILES string of the molecule is CC(C)CC(CN)NC(=O)C1C(C)(C)C1(C)C.Cl. The first-order valence-electron chi connectivity index (χ1n) is 6.65. The van der Waals surface area contributed by atoms with Gasteiger partial charge in [0.15, 0.2) is 0 Å². The maximum absolute atomic E-state index is 12.2. The molecule has 0 bridgehead atoms. The van der Waals surface area contributed by atoms with Crippen molar-refractivity contribution in [3.8, 4) is 0 Å². The molecule has 3 N–H and O–H groups in total. The van der Waals surface area contributed by atoms with Crippen LogP contribution in [0.15, 0.2) is 0 Å². The molecule has 3 nitrogen and oxygen atoms in total. The fourth-order valence-electron chi connectivity index (χ4n) is 2.92. The molecule has 0 aromatic rings. The van der Waals surface area contributed by atoms with Crippen molar-refractivity contribution in [2.45, 2.75) is 54.0 Å². The van der Waals surface area contributed by atoms with Crippen molar-refractivity contribution in [3.63, 3.8) is 0 Å². The first-order chi connectivity index (χ1) is 7.64. The van der Waals surface area contributed by atoms with E-state index in [1.807, 2.05) is 0 Å². The number of nitrogens with one attached hydrogen (secondary N) is 1. The molecule has 1 aliphatic rings. The second-order valence-corrected chi connectivity index (χ2v) is 6.95. The van der Waals surface area contributed by atoms with Gasteiger partial charge in [0.25, 0.3) is 0 Å². The topological polar surface area (TPSA) is 55.1 Å². The Labute approximate surface area is 118 Å². The molecule has 1 rings (SSSR count). The van der Waals surface area contributed by atoms with Gasteiger partial charge in [-0.15, -0.1) is 12.4 Å². The molecule has 1 fully saturated rings. The summed E-state index contributed by atoms with van der Waals surface area (Å²) in [7, 11) is 0. The van der Waals surface area contributed by atoms with Crippen LogP contribution in [0.3, 0.4) is 0 Å². The van der Waals surface area contributed by atoms with Crippen LogP contribution in [0.4, 0.5) is 0 Å². The van der Waals surface area contributed by atoms with Gasteiger partial charge in [0.05, 0.1) is 0 Å². The fraction of sp³-hybridized carbons (Fsp3) is 0.929. The van der Waals surface area contributed by atoms with E-state index < -0.39 is 0 Å². The predicted molar refractivity (Wildman–Crippen MR) is 78.7 cm³/mol. The molecule has 0 radical (unpaired) electrons. The van der Waals surface area contributed by atoms with Crippen LogP contribution in [-0.2, 0) is 4.79 Å². The first-order valence-corrected chi connectivity index (χ1v) is 6.65. The average molecular weight is 277 g/mol. The van der Waals surface area contributed by atoms with Gasteiger partial charge in [0.2, 0.25) is 5.91 Å². The van der Waals surface area contributed by atoms with Crippen molar-refractivity contribution < 1.29 is 4.79 Å². The smallest absolute Gasteiger partial charge is 0.224 e. The van der Waals surface area contributed by atoms with Crippen molar-refractivity contribution in [3.05, 3.63) is 0 Å². The Morgan fingerprint density at radius 3 is 1.94 bits per heavy atom. The summed E-state index contributed by atoms with van der Waals surface area (Å²) in [5.74, 6) is 0.858. The van der Waals surface area contributed by atoms with E-state index in [-0.39, 0.29) is 41.1 Å². The number of amides is 1. The van der Waals surface area contributed by atoms with Gasteiger partial charge in [0.1, 0.15) is 0 Å². The Hall–Kier alpha value is -0.280. The van der Waals surface area contributed by atoms with Crippen LogP contribution < -0.4 is 11.1 Å². The second kappa shape index (κ2) is 5.79. The summed E-state index contributed by atoms with van der Waals surface area (Å²) in [6.45, 7) is 13.5. The molecule has 1 aliphatic carbocycles. The summed E-state index contributed by atoms with van der Waals surface area (Å²) in [5, 5.41) is 3.11. The van der Waals surface area contributed by atoms with Crippen molar-refractivity contribution in [2.75, 3.05) is 6.54 Å². The molecule has 0 spiro atoms. The Morgan fingerprint density at radius 1 is 1.22 bits per heavy atom. The molecule has 18 heavy (non-hydrogen) atoms. The molecule has 1 unspecified atom stereocenters. The van der Waals surface area contributed by atoms with E-state index in [1.54, 1.807) is 0 Å². The summed E-state index contributed by atoms with van der Waals surface area (Å²) < 4.78 is 0. The van der Waals surface area contributed by atoms with Crippen molar-refractivity contribution in [1.29, 1.82) is 0 Å². The number of halogens is 1. The molecule has 0 aromatic heterocycles. The van der Waals surface area contributed by atoms with Gasteiger partial charge in [-0.05, 0) is 23.2 Å². The van der Waals surface area contributed by atoms with E-state index in [0.717, 1.165) is 6.42 Å². The van der Waals surface area contributed by atoms with Crippen LogP contribution in [-0.4, -0.2) is 18.5 Å². The Balaban J connectivity index is 0.00000289. The van der Waals surface area contributed by atoms with E-state index in [1.165, 1.54) is 0 Å². The van der Waals surface area contributed by atoms with Gasteiger partial charge >= 0.3 is 0 Å². The minimum atomic E-state index is 0. The van der Waals surface area contributed by atoms with Crippen LogP contribution in [0.25, 0.3) is 0 Å². The van der Waals surface area contributed by atoms with Crippen molar-refractivity contribution >= 4 is 18.3 Å². The molecule has 0 heterocycles. The maximum Gasteiger partial charge on any atom is 0.224 e. The highest BCUT2D eigenvalue weighted by Crippen LogP contribution is 2.68. The van der Waals surface area contributed by atoms with Gasteiger partial charge in [-0.1, -0.05) is 41.5 Å². The van der Waals surface area contributed by atoms with Crippen molar-refractivity contribution in [1.82, 2.24) is 5.32 Å². The third-order valence-electron chi connectivity index (χ3n) is 4.67. The quantitative estimate of drug-likeness (QED) is 0.811. The normalized spacial score (nSPS) is 22.2. The van der Waals surface area contributed by atoms with E-state index in [9.17, 15) is 4.79 Å². The number of hydrogen-bond donors (Lipinski definition) is 2. The fourth-order valence-corrected chi connectivity index (χ4v) is 2.92. The largest absolute Gasteiger partial charge is 0.352 e. The summed E-state index contributed by atoms with van der Waals surface area (Å²) in [6.07, 6.45) is 0.954. The highest BCUT2D eigenvalue weighted by atomic mass is 35.5. The van der Waals surface area contributed by atoms with Crippen LogP contribution in [0.1, 0.15) is 48.0 Å². The predicted octanol–water partition coefficient (Wildman–Crippen LogP) is 2.58. The van der Waals surface area contributed by atoms with Crippen LogP contribution in [0.2, 0.25) is 0 Å². The molecule has 108 valence electrons. The highest BCUT2D eigenvalue weighted by Gasteiger charge is 2.68. The van der Waals surface area contributed by atoms with Gasteiger partial charge in [-0.25, -0.2) is 0 Å². The van der Waals surface area contributed by atoms with Gasteiger partial charge in [0, 0.05) is 18.5 Å². The highest BCUT2D eigenvalue weighted by molar-refractivity contribution is 5.85. The molecule has 1 atom stereocenters. The number of carbonyl (C=O) groups is 1. The third kappa shape index (κ3) is 3.18. The van der Waals surface area contributed by atoms with E-state index >= 15 is 0 Å². The zero-order valence-electron chi connectivity index (χ0n) is 12.5. The number of hydrogen-bond acceptors (Lipinski definition) is 2. The Kier molecular flexibility index (Phi) is 5.70. The second-order valence-electron chi connectivity index (χ2n) is 6.95. The molecular weight excluding hydrogens is 248 g/mol. The summed E-state index contributed by atoms with van der Waals surface area (Å²) in [5.41, 5.74) is 5.92. The molecule has 0 aromatic carbocycles. The Morgan fingerprint density at radius 2 is 1.67 bits per heavy atom. The third-order valence-corrected chi connectivity index (χ3v) is 4.67. The minimum Gasteiger partial charge on any atom is -0.352 e. The Bertz CT molecular complexity index is 286. The molecule has 1 saturated carbocycles. The zero-order chi connectivity index (χ0) is 13.4. The number of carbonyl (C=O) groups excluding carboxylic acids is 1. The van der Waals surface area contributed by atoms with Gasteiger partial charge in [-0.2, -0.15) is 0 Å². The summed E-state index contributed by atoms with van der Waals surface area (Å²) in [4.78, 5) is 12.2. The van der Waals surface area contributed by atoms with Crippen LogP contribution in [0, 0.1) is 22.7 Å². The lowest BCUT2D eigenvalue weighted by Gasteiger charge is -2.19. The molecular formula is C14H29ClN2O. The van der Waals surface area contributed by atoms with Gasteiger partial charge < -0.3 is 11.1 Å². The number of rotatable bonds is 5. The number of nitrogens with two attached hydrogens (primary N) is 1. The lowest BCUT2D eigenvalue weighted by molar-refractivity contribution is -0.124. The van der Waals surface area contributed by atoms with Crippen molar-refractivity contribution in [2.24, 2.45) is 28.4 Å². The van der Waals surface area contributed by atoms with E-state index in [4.69, 9.17) is 5.73 Å². The maximum atomic E-state index is 12.2. The van der Waals surface area contributed by atoms with Crippen LogP contribution in [0.5, 0.6) is 0 Å². The van der Waals surface area contributed by atoms with E-state index in [0.29, 0.717) is 12.5 Å². The molecule has 0 aliphatic heterocycles. The average Bonchev–Trinajstić information content (AvgIpc) is 2.55. The van der Waals surface area contributed by atoms with Gasteiger partial charge in [-0.3, -0.25) is 4.79 Å². The lowest BCUT2D eigenvalue weighted by atomic mass is 10.0. The zero-order valence-corrected chi connectivity index (χ0v) is 13.4. The summed E-state index contributed by atoms with van der Waals surface area (Å²) >= 11 is 0. The molecule has 1 amide bonds. The standard InChI is InChI=1S/C14H28N2O.ClH/c1-9(2)7-10(8-15)16-12(17)11-13(3,4)14(11,5)6;/h9-11H,7-8,15H2,1-6H3,(H,16,17);1H.